The summed E-state index contributed by atoms with van der Waals surface area (Å²) in [7, 11) is -4.45. The van der Waals surface area contributed by atoms with Crippen LogP contribution in [0.2, 0.25) is 0 Å². The van der Waals surface area contributed by atoms with Crippen molar-refractivity contribution < 1.29 is 13.0 Å². The summed E-state index contributed by atoms with van der Waals surface area (Å²) in [5.41, 5.74) is 2.73. The lowest BCUT2D eigenvalue weighted by Crippen LogP contribution is -2.32. The molecular weight excluding hydrogens is 425 g/mol. The molecule has 3 rings (SSSR count). The monoisotopic (exact) mass is 442 g/mol. The van der Waals surface area contributed by atoms with Crippen LogP contribution in [-0.4, -0.2) is 16.5 Å². The minimum absolute atomic E-state index is 0.162. The van der Waals surface area contributed by atoms with E-state index in [4.69, 9.17) is 0 Å². The summed E-state index contributed by atoms with van der Waals surface area (Å²) < 4.78 is 37.8. The molecule has 23 heavy (non-hydrogen) atoms. The van der Waals surface area contributed by atoms with Crippen molar-refractivity contribution in [2.75, 3.05) is 3.11 Å². The largest absolute Gasteiger partial charge is 0.744 e. The van der Waals surface area contributed by atoms with Crippen LogP contribution in [0.25, 0.3) is 0 Å². The minimum atomic E-state index is -4.45. The molecule has 0 spiro atoms. The fourth-order valence-corrected chi connectivity index (χ4v) is 5.95. The van der Waals surface area contributed by atoms with Crippen LogP contribution in [0.15, 0.2) is 53.4 Å². The summed E-state index contributed by atoms with van der Waals surface area (Å²) in [5, 5.41) is 0. The number of nitrogens with zero attached hydrogens (tertiary/aromatic N) is 1. The van der Waals surface area contributed by atoms with E-state index >= 15 is 0 Å². The van der Waals surface area contributed by atoms with E-state index in [-0.39, 0.29) is 31.3 Å². The Hall–Kier alpha value is -1.25. The maximum absolute atomic E-state index is 11.4. The Labute approximate surface area is 147 Å². The third-order valence-corrected chi connectivity index (χ3v) is 8.66. The smallest absolute Gasteiger partial charge is 0.124 e. The molecule has 122 valence electrons. The van der Waals surface area contributed by atoms with Gasteiger partial charge in [0.05, 0.1) is 16.3 Å². The molecule has 2 aromatic rings. The molecule has 0 saturated carbocycles. The molecule has 4 nitrogen and oxygen atoms in total. The van der Waals surface area contributed by atoms with Gasteiger partial charge in [-0.1, -0.05) is 32.0 Å². The summed E-state index contributed by atoms with van der Waals surface area (Å²) >= 11 is -0.388. The summed E-state index contributed by atoms with van der Waals surface area (Å²) in [6.07, 6.45) is 0. The van der Waals surface area contributed by atoms with Gasteiger partial charge in [-0.25, -0.2) is 8.42 Å². The van der Waals surface area contributed by atoms with Gasteiger partial charge in [0.15, 0.2) is 0 Å². The lowest BCUT2D eigenvalue weighted by atomic mass is 9.81. The predicted octanol–water partition coefficient (Wildman–Crippen LogP) is 4.10. The Bertz CT molecular complexity index is 889. The predicted molar refractivity (Wildman–Crippen MR) is 101 cm³/mol. The maximum atomic E-state index is 11.4. The van der Waals surface area contributed by atoms with E-state index in [9.17, 15) is 13.0 Å². The van der Waals surface area contributed by atoms with E-state index in [1.165, 1.54) is 9.58 Å². The first kappa shape index (κ1) is 16.6. The number of rotatable bonds is 2. The molecule has 0 aromatic heterocycles. The zero-order valence-corrected chi connectivity index (χ0v) is 16.1. The molecule has 0 fully saturated rings. The number of para-hydroxylation sites is 1. The fourth-order valence-electron chi connectivity index (χ4n) is 2.55. The van der Waals surface area contributed by atoms with Crippen LogP contribution >= 0.6 is 21.0 Å². The molecule has 0 atom stereocenters. The lowest BCUT2D eigenvalue weighted by molar-refractivity contribution is 0.463. The quantitative estimate of drug-likeness (QED) is 0.399. The number of hydrogen-bond acceptors (Lipinski definition) is 4. The number of anilines is 2. The standard InChI is InChI=1S/C17H18INO3S/c1-12-17(2,3)15-11-14(23(20,21)22)9-10-16(15)19(18-12)13-7-5-4-6-8-13/h4-11H,1-3H3,(H,20,21,22)/p-1. The van der Waals surface area contributed by atoms with E-state index in [1.54, 1.807) is 12.1 Å². The lowest BCUT2D eigenvalue weighted by Gasteiger charge is -2.38. The first-order chi connectivity index (χ1) is 10.7. The molecule has 0 aliphatic carbocycles. The average molecular weight is 442 g/mol. The number of hydrogen-bond donors (Lipinski definition) is 0. The van der Waals surface area contributed by atoms with Crippen LogP contribution in [0.1, 0.15) is 26.3 Å². The normalized spacial score (nSPS) is 17.0. The first-order valence-corrected chi connectivity index (χ1v) is 10.6. The van der Waals surface area contributed by atoms with Crippen molar-refractivity contribution in [1.29, 1.82) is 0 Å². The van der Waals surface area contributed by atoms with Crippen molar-refractivity contribution in [2.45, 2.75) is 31.1 Å². The van der Waals surface area contributed by atoms with Gasteiger partial charge >= 0.3 is 0 Å². The topological polar surface area (TPSA) is 60.4 Å². The molecule has 1 aliphatic heterocycles. The van der Waals surface area contributed by atoms with E-state index in [0.717, 1.165) is 16.9 Å². The first-order valence-electron chi connectivity index (χ1n) is 7.16. The molecule has 0 unspecified atom stereocenters. The molecule has 2 aromatic carbocycles. The van der Waals surface area contributed by atoms with Gasteiger partial charge in [0.1, 0.15) is 10.1 Å². The Morgan fingerprint density at radius 1 is 1.09 bits per heavy atom. The third kappa shape index (κ3) is 2.95. The Balaban J connectivity index is 2.25. The summed E-state index contributed by atoms with van der Waals surface area (Å²) in [5.74, 6) is 0. The van der Waals surface area contributed by atoms with Crippen LogP contribution < -0.4 is 3.11 Å². The Morgan fingerprint density at radius 3 is 2.35 bits per heavy atom. The highest BCUT2D eigenvalue weighted by molar-refractivity contribution is 14.2. The minimum Gasteiger partial charge on any atom is -0.744 e. The molecule has 0 bridgehead atoms. The summed E-state index contributed by atoms with van der Waals surface area (Å²) in [4.78, 5) is -0.162. The molecule has 0 amide bonds. The SMILES string of the molecule is CC1=IN(c2ccccc2)c2ccc(S(=O)(=O)[O-])cc2C1(C)C. The molecule has 0 N–H and O–H groups in total. The van der Waals surface area contributed by atoms with Crippen LogP contribution in [0.5, 0.6) is 0 Å². The molecular formula is C17H17INO3S-. The van der Waals surface area contributed by atoms with Crippen LogP contribution in [0.4, 0.5) is 11.4 Å². The van der Waals surface area contributed by atoms with Gasteiger partial charge in [-0.2, -0.15) is 0 Å². The second-order valence-electron chi connectivity index (χ2n) is 5.99. The van der Waals surface area contributed by atoms with Gasteiger partial charge in [-0.3, -0.25) is 3.11 Å². The van der Waals surface area contributed by atoms with E-state index < -0.39 is 10.1 Å². The van der Waals surface area contributed by atoms with Gasteiger partial charge in [-0.15, -0.1) is 0 Å². The van der Waals surface area contributed by atoms with Crippen molar-refractivity contribution in [3.63, 3.8) is 0 Å². The van der Waals surface area contributed by atoms with Gasteiger partial charge in [-0.05, 0) is 46.3 Å². The number of fused-ring (bicyclic) bond motifs is 1. The van der Waals surface area contributed by atoms with Gasteiger partial charge < -0.3 is 4.55 Å². The molecule has 1 aliphatic rings. The highest BCUT2D eigenvalue weighted by Crippen LogP contribution is 2.47. The van der Waals surface area contributed by atoms with E-state index in [2.05, 4.69) is 23.9 Å². The fraction of sp³-hybridized carbons (Fsp3) is 0.235. The highest BCUT2D eigenvalue weighted by Gasteiger charge is 2.33. The maximum Gasteiger partial charge on any atom is 0.124 e. The van der Waals surface area contributed by atoms with Crippen LogP contribution in [0.3, 0.4) is 0 Å². The number of halogens is 1. The van der Waals surface area contributed by atoms with Crippen molar-refractivity contribution in [3.8, 4) is 0 Å². The summed E-state index contributed by atoms with van der Waals surface area (Å²) in [6.45, 7) is 6.29. The molecule has 0 saturated heterocycles. The van der Waals surface area contributed by atoms with Gasteiger partial charge in [0, 0.05) is 26.4 Å². The molecule has 0 radical (unpaired) electrons. The van der Waals surface area contributed by atoms with Crippen molar-refractivity contribution in [1.82, 2.24) is 0 Å². The third-order valence-electron chi connectivity index (χ3n) is 4.20. The second kappa shape index (κ2) is 5.68. The zero-order chi connectivity index (χ0) is 16.8. The molecule has 6 heteroatoms. The van der Waals surface area contributed by atoms with Crippen molar-refractivity contribution >= 4 is 46.0 Å². The van der Waals surface area contributed by atoms with Gasteiger partial charge in [0.2, 0.25) is 0 Å². The highest BCUT2D eigenvalue weighted by atomic mass is 127. The summed E-state index contributed by atoms with van der Waals surface area (Å²) in [6, 6.07) is 14.8. The molecule has 1 heterocycles. The van der Waals surface area contributed by atoms with Crippen LogP contribution in [-0.2, 0) is 15.5 Å². The average Bonchev–Trinajstić information content (AvgIpc) is 2.51. The Morgan fingerprint density at radius 2 is 1.74 bits per heavy atom. The van der Waals surface area contributed by atoms with Gasteiger partial charge in [0.25, 0.3) is 0 Å². The van der Waals surface area contributed by atoms with E-state index in [1.807, 2.05) is 30.3 Å². The second-order valence-corrected chi connectivity index (χ2v) is 10.4. The number of benzene rings is 2. The van der Waals surface area contributed by atoms with E-state index in [0.29, 0.717) is 0 Å². The van der Waals surface area contributed by atoms with Crippen LogP contribution in [0, 0.1) is 0 Å². The Kier molecular flexibility index (Phi) is 4.10. The zero-order valence-electron chi connectivity index (χ0n) is 13.1. The van der Waals surface area contributed by atoms with Crippen molar-refractivity contribution in [2.24, 2.45) is 0 Å². The van der Waals surface area contributed by atoms with Crippen molar-refractivity contribution in [3.05, 3.63) is 54.1 Å².